The predicted octanol–water partition coefficient (Wildman–Crippen LogP) is 3.75. The van der Waals surface area contributed by atoms with Gasteiger partial charge in [-0.25, -0.2) is 0 Å². The van der Waals surface area contributed by atoms with Gasteiger partial charge in [0.05, 0.1) is 0 Å². The fourth-order valence-corrected chi connectivity index (χ4v) is 2.89. The monoisotopic (exact) mass is 313 g/mol. The molecule has 1 saturated heterocycles. The van der Waals surface area contributed by atoms with Crippen molar-refractivity contribution in [3.05, 3.63) is 35.7 Å². The van der Waals surface area contributed by atoms with Crippen molar-refractivity contribution in [1.82, 2.24) is 15.0 Å². The molecular weight excluding hydrogens is 290 g/mol. The second-order valence-corrected chi connectivity index (χ2v) is 7.23. The van der Waals surface area contributed by atoms with Gasteiger partial charge < -0.3 is 9.42 Å². The Morgan fingerprint density at radius 1 is 1.26 bits per heavy atom. The van der Waals surface area contributed by atoms with E-state index < -0.39 is 5.41 Å². The number of hydrogen-bond donors (Lipinski definition) is 0. The molecule has 1 amide bonds. The van der Waals surface area contributed by atoms with E-state index in [0.717, 1.165) is 24.9 Å². The molecule has 1 fully saturated rings. The van der Waals surface area contributed by atoms with Gasteiger partial charge in [0, 0.05) is 17.5 Å². The Morgan fingerprint density at radius 3 is 2.61 bits per heavy atom. The number of benzene rings is 1. The minimum Gasteiger partial charge on any atom is -0.337 e. The summed E-state index contributed by atoms with van der Waals surface area (Å²) in [7, 11) is 0. The fraction of sp³-hybridized carbons (Fsp3) is 0.500. The van der Waals surface area contributed by atoms with E-state index in [2.05, 4.69) is 10.1 Å². The average molecular weight is 313 g/mol. The summed E-state index contributed by atoms with van der Waals surface area (Å²) < 4.78 is 5.47. The highest BCUT2D eigenvalue weighted by atomic mass is 16.5. The molecule has 3 rings (SSSR count). The molecular formula is C18H23N3O2. The van der Waals surface area contributed by atoms with E-state index in [-0.39, 0.29) is 11.9 Å². The first-order valence-corrected chi connectivity index (χ1v) is 8.08. The van der Waals surface area contributed by atoms with Crippen molar-refractivity contribution in [2.45, 2.75) is 46.6 Å². The normalized spacial score (nSPS) is 18.4. The van der Waals surface area contributed by atoms with Crippen LogP contribution in [-0.4, -0.2) is 27.5 Å². The molecule has 1 aromatic heterocycles. The third-order valence-corrected chi connectivity index (χ3v) is 4.19. The SMILES string of the molecule is Cc1ccc(-c2noc(C3CCCN3C(=O)C(C)(C)C)n2)cc1. The number of carbonyl (C=O) groups is 1. The summed E-state index contributed by atoms with van der Waals surface area (Å²) in [6, 6.07) is 7.91. The van der Waals surface area contributed by atoms with Crippen LogP contribution in [0.2, 0.25) is 0 Å². The lowest BCUT2D eigenvalue weighted by Crippen LogP contribution is -2.39. The van der Waals surface area contributed by atoms with E-state index >= 15 is 0 Å². The lowest BCUT2D eigenvalue weighted by Gasteiger charge is -2.29. The number of carbonyl (C=O) groups excluding carboxylic acids is 1. The predicted molar refractivity (Wildman–Crippen MR) is 87.6 cm³/mol. The van der Waals surface area contributed by atoms with Gasteiger partial charge >= 0.3 is 0 Å². The first kappa shape index (κ1) is 15.7. The minimum absolute atomic E-state index is 0.103. The molecule has 5 nitrogen and oxygen atoms in total. The maximum atomic E-state index is 12.6. The molecule has 0 radical (unpaired) electrons. The Hall–Kier alpha value is -2.17. The summed E-state index contributed by atoms with van der Waals surface area (Å²) in [5.74, 6) is 1.25. The molecule has 1 aliphatic rings. The van der Waals surface area contributed by atoms with Crippen LogP contribution in [0.15, 0.2) is 28.8 Å². The Labute approximate surface area is 136 Å². The second-order valence-electron chi connectivity index (χ2n) is 7.23. The van der Waals surface area contributed by atoms with Crippen molar-refractivity contribution in [1.29, 1.82) is 0 Å². The maximum absolute atomic E-state index is 12.6. The standard InChI is InChI=1S/C18H23N3O2/c1-12-7-9-13(10-8-12)15-19-16(23-20-15)14-6-5-11-21(14)17(22)18(2,3)4/h7-10,14H,5-6,11H2,1-4H3. The van der Waals surface area contributed by atoms with Crippen LogP contribution in [0.25, 0.3) is 11.4 Å². The lowest BCUT2D eigenvalue weighted by atomic mass is 9.94. The molecule has 23 heavy (non-hydrogen) atoms. The van der Waals surface area contributed by atoms with Gasteiger partial charge in [-0.3, -0.25) is 4.79 Å². The summed E-state index contributed by atoms with van der Waals surface area (Å²) in [5.41, 5.74) is 1.72. The zero-order valence-corrected chi connectivity index (χ0v) is 14.2. The van der Waals surface area contributed by atoms with Gasteiger partial charge in [-0.05, 0) is 19.8 Å². The van der Waals surface area contributed by atoms with E-state index in [1.54, 1.807) is 0 Å². The first-order valence-electron chi connectivity index (χ1n) is 8.08. The molecule has 0 spiro atoms. The zero-order chi connectivity index (χ0) is 16.6. The van der Waals surface area contributed by atoms with E-state index in [1.165, 1.54) is 5.56 Å². The van der Waals surface area contributed by atoms with Crippen molar-refractivity contribution >= 4 is 5.91 Å². The van der Waals surface area contributed by atoms with Crippen molar-refractivity contribution in [3.63, 3.8) is 0 Å². The summed E-state index contributed by atoms with van der Waals surface area (Å²) in [5, 5.41) is 4.09. The molecule has 1 aliphatic heterocycles. The van der Waals surface area contributed by atoms with Crippen molar-refractivity contribution in [2.24, 2.45) is 5.41 Å². The molecule has 1 aromatic carbocycles. The maximum Gasteiger partial charge on any atom is 0.249 e. The molecule has 2 aromatic rings. The lowest BCUT2D eigenvalue weighted by molar-refractivity contribution is -0.140. The highest BCUT2D eigenvalue weighted by Gasteiger charge is 2.38. The summed E-state index contributed by atoms with van der Waals surface area (Å²) in [4.78, 5) is 19.0. The number of rotatable bonds is 2. The number of nitrogens with zero attached hydrogens (tertiary/aromatic N) is 3. The quantitative estimate of drug-likeness (QED) is 0.847. The fourth-order valence-electron chi connectivity index (χ4n) is 2.89. The van der Waals surface area contributed by atoms with Gasteiger partial charge in [-0.2, -0.15) is 4.98 Å². The Balaban J connectivity index is 1.84. The van der Waals surface area contributed by atoms with E-state index in [4.69, 9.17) is 4.52 Å². The van der Waals surface area contributed by atoms with Crippen LogP contribution >= 0.6 is 0 Å². The molecule has 2 heterocycles. The first-order chi connectivity index (χ1) is 10.9. The van der Waals surface area contributed by atoms with Gasteiger partial charge in [-0.15, -0.1) is 0 Å². The molecule has 1 atom stereocenters. The molecule has 1 unspecified atom stereocenters. The van der Waals surface area contributed by atoms with Crippen LogP contribution in [0.5, 0.6) is 0 Å². The van der Waals surface area contributed by atoms with Crippen LogP contribution in [0, 0.1) is 12.3 Å². The second kappa shape index (κ2) is 5.80. The van der Waals surface area contributed by atoms with Crippen LogP contribution in [-0.2, 0) is 4.79 Å². The topological polar surface area (TPSA) is 59.2 Å². The molecule has 5 heteroatoms. The number of aryl methyl sites for hydroxylation is 1. The Morgan fingerprint density at radius 2 is 1.96 bits per heavy atom. The van der Waals surface area contributed by atoms with Crippen molar-refractivity contribution in [2.75, 3.05) is 6.54 Å². The van der Waals surface area contributed by atoms with Crippen LogP contribution in [0.3, 0.4) is 0 Å². The van der Waals surface area contributed by atoms with Gasteiger partial charge in [-0.1, -0.05) is 55.8 Å². The number of amides is 1. The van der Waals surface area contributed by atoms with Crippen LogP contribution in [0.4, 0.5) is 0 Å². The number of aromatic nitrogens is 2. The van der Waals surface area contributed by atoms with Gasteiger partial charge in [0.25, 0.3) is 0 Å². The van der Waals surface area contributed by atoms with Crippen LogP contribution in [0.1, 0.15) is 51.1 Å². The van der Waals surface area contributed by atoms with Gasteiger partial charge in [0.1, 0.15) is 6.04 Å². The Kier molecular flexibility index (Phi) is 3.96. The highest BCUT2D eigenvalue weighted by molar-refractivity contribution is 5.82. The van der Waals surface area contributed by atoms with Crippen molar-refractivity contribution in [3.8, 4) is 11.4 Å². The molecule has 122 valence electrons. The molecule has 0 N–H and O–H groups in total. The van der Waals surface area contributed by atoms with Gasteiger partial charge in [0.15, 0.2) is 0 Å². The summed E-state index contributed by atoms with van der Waals surface area (Å²) in [6.45, 7) is 8.62. The smallest absolute Gasteiger partial charge is 0.249 e. The van der Waals surface area contributed by atoms with Crippen LogP contribution < -0.4 is 0 Å². The minimum atomic E-state index is -0.400. The average Bonchev–Trinajstić information content (AvgIpc) is 3.15. The molecule has 0 bridgehead atoms. The number of hydrogen-bond acceptors (Lipinski definition) is 4. The largest absolute Gasteiger partial charge is 0.337 e. The zero-order valence-electron chi connectivity index (χ0n) is 14.2. The summed E-state index contributed by atoms with van der Waals surface area (Å²) >= 11 is 0. The van der Waals surface area contributed by atoms with E-state index in [0.29, 0.717) is 11.7 Å². The Bertz CT molecular complexity index is 698. The third-order valence-electron chi connectivity index (χ3n) is 4.19. The molecule has 0 aliphatic carbocycles. The van der Waals surface area contributed by atoms with Crippen molar-refractivity contribution < 1.29 is 9.32 Å². The van der Waals surface area contributed by atoms with E-state index in [9.17, 15) is 4.79 Å². The third kappa shape index (κ3) is 3.14. The highest BCUT2D eigenvalue weighted by Crippen LogP contribution is 2.35. The van der Waals surface area contributed by atoms with Gasteiger partial charge in [0.2, 0.25) is 17.6 Å². The summed E-state index contributed by atoms with van der Waals surface area (Å²) in [6.07, 6.45) is 1.84. The molecule has 0 saturated carbocycles. The van der Waals surface area contributed by atoms with E-state index in [1.807, 2.05) is 56.9 Å². The number of likely N-dealkylation sites (tertiary alicyclic amines) is 1.